The minimum absolute atomic E-state index is 0.0864. The van der Waals surface area contributed by atoms with E-state index in [2.05, 4.69) is 0 Å². The number of hydrogen-bond acceptors (Lipinski definition) is 5. The topological polar surface area (TPSA) is 105 Å². The molecule has 0 radical (unpaired) electrons. The van der Waals surface area contributed by atoms with Crippen LogP contribution in [0.15, 0.2) is 75.1 Å². The van der Waals surface area contributed by atoms with Crippen molar-refractivity contribution in [2.24, 2.45) is 0 Å². The van der Waals surface area contributed by atoms with E-state index in [1.54, 1.807) is 24.3 Å². The van der Waals surface area contributed by atoms with Crippen molar-refractivity contribution in [3.8, 4) is 0 Å². The van der Waals surface area contributed by atoms with Gasteiger partial charge >= 0.3 is 11.7 Å². The Labute approximate surface area is 211 Å². The standard InChI is InChI=1S/C26H22ClN3O4S/c1-14-11-15(2)22(21(35)12-14)19(28)13-29-20-6-4-3-5-18(20)24(31)30(26(29)34)23(25(32)33)16-7-9-17(27)10-8-16/h3-12,23,28,35H,13H2,1-2H3,(H,32,33)/p-1/t23-/m1/s1. The van der Waals surface area contributed by atoms with E-state index < -0.39 is 23.3 Å². The zero-order valence-corrected chi connectivity index (χ0v) is 20.5. The summed E-state index contributed by atoms with van der Waals surface area (Å²) in [7, 11) is 0. The molecule has 4 aromatic rings. The predicted molar refractivity (Wildman–Crippen MR) is 138 cm³/mol. The van der Waals surface area contributed by atoms with E-state index in [0.29, 0.717) is 21.0 Å². The summed E-state index contributed by atoms with van der Waals surface area (Å²) in [5.74, 6) is -1.37. The lowest BCUT2D eigenvalue weighted by Crippen LogP contribution is -2.45. The summed E-state index contributed by atoms with van der Waals surface area (Å²) < 4.78 is 1.97. The zero-order valence-electron chi connectivity index (χ0n) is 18.9. The molecule has 1 aromatic heterocycles. The molecular weight excluding hydrogens is 486 g/mol. The molecule has 0 fully saturated rings. The maximum Gasteiger partial charge on any atom is 0.332 e. The molecule has 0 aliphatic heterocycles. The first kappa shape index (κ1) is 24.4. The number of fused-ring (bicyclic) bond motifs is 1. The summed E-state index contributed by atoms with van der Waals surface area (Å²) in [5.41, 5.74) is 1.35. The molecule has 1 heterocycles. The molecule has 0 saturated heterocycles. The summed E-state index contributed by atoms with van der Waals surface area (Å²) in [5, 5.41) is 19.3. The number of carboxylic acid groups (broad SMARTS) is 1. The normalized spacial score (nSPS) is 12.0. The van der Waals surface area contributed by atoms with E-state index in [0.717, 1.165) is 15.7 Å². The van der Waals surface area contributed by atoms with Crippen molar-refractivity contribution in [3.05, 3.63) is 109 Å². The fourth-order valence-electron chi connectivity index (χ4n) is 4.32. The summed E-state index contributed by atoms with van der Waals surface area (Å²) in [6.45, 7) is 3.56. The molecule has 2 N–H and O–H groups in total. The van der Waals surface area contributed by atoms with Crippen molar-refractivity contribution in [2.45, 2.75) is 31.3 Å². The van der Waals surface area contributed by atoms with Gasteiger partial charge in [0, 0.05) is 5.02 Å². The Balaban J connectivity index is 1.97. The maximum atomic E-state index is 13.7. The van der Waals surface area contributed by atoms with Crippen LogP contribution in [0, 0.1) is 19.3 Å². The number of aromatic nitrogens is 2. The first-order valence-corrected chi connectivity index (χ1v) is 11.5. The monoisotopic (exact) mass is 506 g/mol. The number of rotatable bonds is 6. The van der Waals surface area contributed by atoms with E-state index in [9.17, 15) is 19.5 Å². The zero-order chi connectivity index (χ0) is 25.4. The molecule has 7 nitrogen and oxygen atoms in total. The Kier molecular flexibility index (Phi) is 6.60. The van der Waals surface area contributed by atoms with Crippen LogP contribution in [0.4, 0.5) is 0 Å². The molecule has 0 unspecified atom stereocenters. The molecule has 178 valence electrons. The molecule has 0 amide bonds. The molecule has 9 heteroatoms. The first-order chi connectivity index (χ1) is 16.6. The Morgan fingerprint density at radius 2 is 1.74 bits per heavy atom. The molecule has 35 heavy (non-hydrogen) atoms. The molecular formula is C26H21ClN3O4S-. The van der Waals surface area contributed by atoms with Crippen LogP contribution in [0.25, 0.3) is 10.9 Å². The Morgan fingerprint density at radius 3 is 2.37 bits per heavy atom. The molecule has 1 atom stereocenters. The molecule has 0 aliphatic carbocycles. The van der Waals surface area contributed by atoms with Gasteiger partial charge in [-0.25, -0.2) is 14.2 Å². The number of carboxylic acids is 1. The SMILES string of the molecule is Cc1cc(C)c(C(=N)Cn2c(=O)n([C@@H](C(=O)O)c3ccc(Cl)cc3)c(=O)c3ccccc32)c([S-])c1. The van der Waals surface area contributed by atoms with Crippen LogP contribution in [0.3, 0.4) is 0 Å². The third kappa shape index (κ3) is 4.50. The van der Waals surface area contributed by atoms with Crippen molar-refractivity contribution in [1.29, 1.82) is 5.41 Å². The van der Waals surface area contributed by atoms with Crippen LogP contribution in [-0.2, 0) is 24.0 Å². The largest absolute Gasteiger partial charge is 0.779 e. The van der Waals surface area contributed by atoms with E-state index in [1.807, 2.05) is 19.9 Å². The van der Waals surface area contributed by atoms with Gasteiger partial charge in [-0.05, 0) is 54.8 Å². The van der Waals surface area contributed by atoms with Crippen molar-refractivity contribution in [2.75, 3.05) is 0 Å². The predicted octanol–water partition coefficient (Wildman–Crippen LogP) is 4.08. The molecule has 0 saturated carbocycles. The van der Waals surface area contributed by atoms with E-state index >= 15 is 0 Å². The van der Waals surface area contributed by atoms with Gasteiger partial charge in [0.25, 0.3) is 5.56 Å². The van der Waals surface area contributed by atoms with Crippen LogP contribution in [0.5, 0.6) is 0 Å². The molecule has 0 bridgehead atoms. The van der Waals surface area contributed by atoms with Crippen molar-refractivity contribution >= 4 is 46.8 Å². The van der Waals surface area contributed by atoms with Crippen molar-refractivity contribution in [1.82, 2.24) is 9.13 Å². The number of carbonyl (C=O) groups is 1. The van der Waals surface area contributed by atoms with E-state index in [-0.39, 0.29) is 23.2 Å². The van der Waals surface area contributed by atoms with Crippen LogP contribution in [-0.4, -0.2) is 25.9 Å². The molecule has 3 aromatic carbocycles. The van der Waals surface area contributed by atoms with Gasteiger partial charge in [-0.15, -0.1) is 0 Å². The van der Waals surface area contributed by atoms with Crippen molar-refractivity contribution in [3.63, 3.8) is 0 Å². The number of nitrogens with one attached hydrogen (secondary N) is 1. The van der Waals surface area contributed by atoms with Gasteiger partial charge in [-0.2, -0.15) is 4.90 Å². The number of aryl methyl sites for hydroxylation is 2. The minimum Gasteiger partial charge on any atom is -0.779 e. The number of benzene rings is 3. The lowest BCUT2D eigenvalue weighted by Gasteiger charge is -2.22. The minimum atomic E-state index is -1.58. The highest BCUT2D eigenvalue weighted by Gasteiger charge is 2.28. The van der Waals surface area contributed by atoms with Gasteiger partial charge in [0.1, 0.15) is 0 Å². The number of para-hydroxylation sites is 1. The van der Waals surface area contributed by atoms with Crippen LogP contribution < -0.4 is 11.2 Å². The fourth-order valence-corrected chi connectivity index (χ4v) is 4.92. The third-order valence-electron chi connectivity index (χ3n) is 5.82. The van der Waals surface area contributed by atoms with Crippen LogP contribution >= 0.6 is 11.6 Å². The van der Waals surface area contributed by atoms with Gasteiger partial charge in [-0.1, -0.05) is 53.6 Å². The summed E-state index contributed by atoms with van der Waals surface area (Å²) in [4.78, 5) is 39.9. The van der Waals surface area contributed by atoms with Gasteiger partial charge in [0.2, 0.25) is 0 Å². The second-order valence-electron chi connectivity index (χ2n) is 8.29. The van der Waals surface area contributed by atoms with Gasteiger partial charge in [0.05, 0.1) is 23.2 Å². The van der Waals surface area contributed by atoms with Crippen molar-refractivity contribution < 1.29 is 9.90 Å². The lowest BCUT2D eigenvalue weighted by molar-refractivity contribution is -0.139. The van der Waals surface area contributed by atoms with Gasteiger partial charge in [-0.3, -0.25) is 9.36 Å². The Morgan fingerprint density at radius 1 is 1.09 bits per heavy atom. The van der Waals surface area contributed by atoms with E-state index in [1.165, 1.54) is 34.9 Å². The highest BCUT2D eigenvalue weighted by Crippen LogP contribution is 2.21. The third-order valence-corrected chi connectivity index (χ3v) is 6.39. The van der Waals surface area contributed by atoms with Crippen LogP contribution in [0.1, 0.15) is 28.3 Å². The Hall–Kier alpha value is -3.75. The van der Waals surface area contributed by atoms with E-state index in [4.69, 9.17) is 29.6 Å². The quantitative estimate of drug-likeness (QED) is 0.303. The molecule has 0 aliphatic rings. The van der Waals surface area contributed by atoms with Crippen LogP contribution in [0.2, 0.25) is 5.02 Å². The van der Waals surface area contributed by atoms with Gasteiger partial charge < -0.3 is 23.1 Å². The highest BCUT2D eigenvalue weighted by atomic mass is 35.5. The van der Waals surface area contributed by atoms with Gasteiger partial charge in [0.15, 0.2) is 6.04 Å². The highest BCUT2D eigenvalue weighted by molar-refractivity contribution is 7.58. The first-order valence-electron chi connectivity index (χ1n) is 10.7. The summed E-state index contributed by atoms with van der Waals surface area (Å²) >= 11 is 11.4. The average Bonchev–Trinajstić information content (AvgIpc) is 2.79. The number of hydrogen-bond donors (Lipinski definition) is 2. The molecule has 4 rings (SSSR count). The smallest absolute Gasteiger partial charge is 0.332 e. The number of nitrogens with zero attached hydrogens (tertiary/aromatic N) is 2. The number of aliphatic carboxylic acids is 1. The second-order valence-corrected chi connectivity index (χ2v) is 9.16. The fraction of sp³-hybridized carbons (Fsp3) is 0.154. The lowest BCUT2D eigenvalue weighted by atomic mass is 10.0. The Bertz CT molecular complexity index is 1580. The average molecular weight is 507 g/mol. The summed E-state index contributed by atoms with van der Waals surface area (Å²) in [6, 6.07) is 14.5. The second kappa shape index (κ2) is 9.48. The summed E-state index contributed by atoms with van der Waals surface area (Å²) in [6.07, 6.45) is 0. The maximum absolute atomic E-state index is 13.7. The number of halogens is 1. The molecule has 0 spiro atoms.